The first kappa shape index (κ1) is 12.4. The van der Waals surface area contributed by atoms with Gasteiger partial charge in [0.15, 0.2) is 6.10 Å². The van der Waals surface area contributed by atoms with Gasteiger partial charge in [-0.3, -0.25) is 0 Å². The Labute approximate surface area is 104 Å². The maximum absolute atomic E-state index is 11.5. The molecule has 1 unspecified atom stereocenters. The maximum Gasteiger partial charge on any atom is 0.339 e. The predicted octanol–water partition coefficient (Wildman–Crippen LogP) is 1.77. The summed E-state index contributed by atoms with van der Waals surface area (Å²) in [5.74, 6) is 0.0145. The Kier molecular flexibility index (Phi) is 3.53. The summed E-state index contributed by atoms with van der Waals surface area (Å²) >= 11 is 0. The smallest absolute Gasteiger partial charge is 0.339 e. The summed E-state index contributed by atoms with van der Waals surface area (Å²) in [6, 6.07) is 5.40. The van der Waals surface area contributed by atoms with Crippen LogP contribution in [0.4, 0.5) is 0 Å². The Hall–Kier alpha value is -2.01. The molecular formula is C13H15NO4. The number of aliphatic hydroxyl groups excluding tert-OH is 1. The van der Waals surface area contributed by atoms with Crippen molar-refractivity contribution in [3.63, 3.8) is 0 Å². The van der Waals surface area contributed by atoms with E-state index in [-0.39, 0.29) is 6.61 Å². The number of hydrogen-bond donors (Lipinski definition) is 2. The number of ether oxygens (including phenoxy) is 2. The fraction of sp³-hybridized carbons (Fsp3) is 0.308. The van der Waals surface area contributed by atoms with Crippen molar-refractivity contribution in [2.45, 2.75) is 13.0 Å². The summed E-state index contributed by atoms with van der Waals surface area (Å²) in [4.78, 5) is 14.5. The highest BCUT2D eigenvalue weighted by Crippen LogP contribution is 2.28. The van der Waals surface area contributed by atoms with Crippen molar-refractivity contribution in [3.05, 3.63) is 30.0 Å². The highest BCUT2D eigenvalue weighted by molar-refractivity contribution is 5.89. The summed E-state index contributed by atoms with van der Waals surface area (Å²) in [6.07, 6.45) is 0.317. The number of carbonyl (C=O) groups is 1. The largest absolute Gasteiger partial charge is 0.497 e. The molecule has 0 aliphatic heterocycles. The maximum atomic E-state index is 11.5. The van der Waals surface area contributed by atoms with Crippen LogP contribution >= 0.6 is 0 Å². The number of carbonyl (C=O) groups excluding carboxylic acids is 1. The van der Waals surface area contributed by atoms with Gasteiger partial charge in [-0.05, 0) is 25.1 Å². The molecule has 0 amide bonds. The third-order valence-corrected chi connectivity index (χ3v) is 2.73. The van der Waals surface area contributed by atoms with E-state index in [2.05, 4.69) is 4.98 Å². The van der Waals surface area contributed by atoms with Crippen LogP contribution < -0.4 is 4.74 Å². The molecule has 1 atom stereocenters. The van der Waals surface area contributed by atoms with Crippen LogP contribution in [0.2, 0.25) is 0 Å². The third-order valence-electron chi connectivity index (χ3n) is 2.73. The lowest BCUT2D eigenvalue weighted by Gasteiger charge is -2.09. The first-order chi connectivity index (χ1) is 8.67. The van der Waals surface area contributed by atoms with E-state index in [9.17, 15) is 9.90 Å². The van der Waals surface area contributed by atoms with E-state index in [1.165, 1.54) is 0 Å². The number of rotatable bonds is 4. The van der Waals surface area contributed by atoms with Gasteiger partial charge in [0.2, 0.25) is 0 Å². The Balaban J connectivity index is 2.41. The zero-order valence-corrected chi connectivity index (χ0v) is 10.3. The highest BCUT2D eigenvalue weighted by atomic mass is 16.5. The Bertz CT molecular complexity index is 561. The molecule has 2 aromatic rings. The van der Waals surface area contributed by atoms with E-state index in [1.54, 1.807) is 32.4 Å². The fourth-order valence-electron chi connectivity index (χ4n) is 1.82. The summed E-state index contributed by atoms with van der Waals surface area (Å²) < 4.78 is 9.92. The normalized spacial score (nSPS) is 12.4. The average Bonchev–Trinajstić information content (AvgIpc) is 2.80. The first-order valence-electron chi connectivity index (χ1n) is 5.67. The number of methoxy groups -OCH3 is 1. The van der Waals surface area contributed by atoms with E-state index in [4.69, 9.17) is 9.47 Å². The molecule has 0 spiro atoms. The second-order valence-corrected chi connectivity index (χ2v) is 3.81. The van der Waals surface area contributed by atoms with Gasteiger partial charge in [0.25, 0.3) is 0 Å². The quantitative estimate of drug-likeness (QED) is 0.810. The van der Waals surface area contributed by atoms with Crippen LogP contribution in [0.3, 0.4) is 0 Å². The molecule has 0 aliphatic carbocycles. The van der Waals surface area contributed by atoms with Gasteiger partial charge in [0.05, 0.1) is 13.7 Å². The standard InChI is InChI=1S/C13H15NO4/c1-3-18-13(16)12(15)10-7-14-11-5-4-8(17-2)6-9(10)11/h4-7,12,14-15H,3H2,1-2H3. The molecule has 0 fully saturated rings. The van der Waals surface area contributed by atoms with Crippen LogP contribution in [-0.2, 0) is 9.53 Å². The number of aromatic nitrogens is 1. The summed E-state index contributed by atoms with van der Waals surface area (Å²) in [6.45, 7) is 1.93. The van der Waals surface area contributed by atoms with Gasteiger partial charge in [-0.1, -0.05) is 0 Å². The molecule has 0 saturated heterocycles. The van der Waals surface area contributed by atoms with Crippen molar-refractivity contribution in [2.24, 2.45) is 0 Å². The second kappa shape index (κ2) is 5.10. The molecule has 0 bridgehead atoms. The van der Waals surface area contributed by atoms with E-state index in [0.717, 1.165) is 10.9 Å². The van der Waals surface area contributed by atoms with Gasteiger partial charge in [0, 0.05) is 22.7 Å². The van der Waals surface area contributed by atoms with Gasteiger partial charge in [-0.15, -0.1) is 0 Å². The van der Waals surface area contributed by atoms with Crippen LogP contribution in [0.1, 0.15) is 18.6 Å². The van der Waals surface area contributed by atoms with Crippen LogP contribution in [0, 0.1) is 0 Å². The molecule has 1 heterocycles. The van der Waals surface area contributed by atoms with Crippen molar-refractivity contribution in [1.29, 1.82) is 0 Å². The van der Waals surface area contributed by atoms with E-state index < -0.39 is 12.1 Å². The molecule has 1 aromatic carbocycles. The number of hydrogen-bond acceptors (Lipinski definition) is 4. The molecule has 0 aliphatic rings. The number of H-pyrrole nitrogens is 1. The highest BCUT2D eigenvalue weighted by Gasteiger charge is 2.22. The van der Waals surface area contributed by atoms with Crippen molar-refractivity contribution >= 4 is 16.9 Å². The molecule has 0 radical (unpaired) electrons. The minimum atomic E-state index is -1.29. The van der Waals surface area contributed by atoms with Gasteiger partial charge in [-0.25, -0.2) is 4.79 Å². The van der Waals surface area contributed by atoms with Crippen LogP contribution in [0.15, 0.2) is 24.4 Å². The van der Waals surface area contributed by atoms with Crippen molar-refractivity contribution < 1.29 is 19.4 Å². The zero-order chi connectivity index (χ0) is 13.1. The average molecular weight is 249 g/mol. The Morgan fingerprint density at radius 1 is 1.50 bits per heavy atom. The lowest BCUT2D eigenvalue weighted by atomic mass is 10.1. The van der Waals surface area contributed by atoms with Crippen molar-refractivity contribution in [3.8, 4) is 5.75 Å². The van der Waals surface area contributed by atoms with E-state index >= 15 is 0 Å². The third kappa shape index (κ3) is 2.17. The van der Waals surface area contributed by atoms with Crippen molar-refractivity contribution in [2.75, 3.05) is 13.7 Å². The predicted molar refractivity (Wildman–Crippen MR) is 66.4 cm³/mol. The number of benzene rings is 1. The number of esters is 1. The number of aliphatic hydroxyl groups is 1. The van der Waals surface area contributed by atoms with Crippen molar-refractivity contribution in [1.82, 2.24) is 4.98 Å². The minimum absolute atomic E-state index is 0.238. The second-order valence-electron chi connectivity index (χ2n) is 3.81. The van der Waals surface area contributed by atoms with Crippen LogP contribution in [-0.4, -0.2) is 29.8 Å². The summed E-state index contributed by atoms with van der Waals surface area (Å²) in [5, 5.41) is 10.7. The Morgan fingerprint density at radius 3 is 2.94 bits per heavy atom. The SMILES string of the molecule is CCOC(=O)C(O)c1c[nH]c2ccc(OC)cc12. The van der Waals surface area contributed by atoms with Gasteiger partial charge in [-0.2, -0.15) is 0 Å². The molecule has 2 rings (SSSR count). The van der Waals surface area contributed by atoms with Gasteiger partial charge >= 0.3 is 5.97 Å². The molecule has 2 N–H and O–H groups in total. The molecule has 0 saturated carbocycles. The summed E-state index contributed by atoms with van der Waals surface area (Å²) in [5.41, 5.74) is 1.32. The lowest BCUT2D eigenvalue weighted by molar-refractivity contribution is -0.153. The van der Waals surface area contributed by atoms with Crippen LogP contribution in [0.25, 0.3) is 10.9 Å². The molecule has 96 valence electrons. The number of nitrogens with one attached hydrogen (secondary N) is 1. The topological polar surface area (TPSA) is 71.5 Å². The molecule has 5 heteroatoms. The monoisotopic (exact) mass is 249 g/mol. The Morgan fingerprint density at radius 2 is 2.28 bits per heavy atom. The van der Waals surface area contributed by atoms with E-state index in [0.29, 0.717) is 11.3 Å². The molecule has 1 aromatic heterocycles. The van der Waals surface area contributed by atoms with Crippen LogP contribution in [0.5, 0.6) is 5.75 Å². The molecular weight excluding hydrogens is 234 g/mol. The number of fused-ring (bicyclic) bond motifs is 1. The van der Waals surface area contributed by atoms with Gasteiger partial charge in [0.1, 0.15) is 5.75 Å². The summed E-state index contributed by atoms with van der Waals surface area (Å²) in [7, 11) is 1.56. The molecule has 18 heavy (non-hydrogen) atoms. The zero-order valence-electron chi connectivity index (χ0n) is 10.3. The minimum Gasteiger partial charge on any atom is -0.497 e. The first-order valence-corrected chi connectivity index (χ1v) is 5.67. The van der Waals surface area contributed by atoms with E-state index in [1.807, 2.05) is 6.07 Å². The lowest BCUT2D eigenvalue weighted by Crippen LogP contribution is -2.14. The fourth-order valence-corrected chi connectivity index (χ4v) is 1.82. The number of aromatic amines is 1. The molecule has 5 nitrogen and oxygen atoms in total. The van der Waals surface area contributed by atoms with Gasteiger partial charge < -0.3 is 19.6 Å².